The number of halogens is 1. The largest absolute Gasteiger partial charge is 0.381 e. The third-order valence-corrected chi connectivity index (χ3v) is 4.26. The van der Waals surface area contributed by atoms with Crippen molar-refractivity contribution in [1.82, 2.24) is 0 Å². The minimum absolute atomic E-state index is 0.729. The summed E-state index contributed by atoms with van der Waals surface area (Å²) >= 11 is 5.52. The molecule has 1 saturated heterocycles. The van der Waals surface area contributed by atoms with Crippen LogP contribution in [0.4, 0.5) is 0 Å². The van der Waals surface area contributed by atoms with Crippen LogP contribution in [-0.2, 0) is 4.74 Å². The van der Waals surface area contributed by atoms with Crippen LogP contribution in [0.25, 0.3) is 0 Å². The van der Waals surface area contributed by atoms with Crippen LogP contribution in [0.3, 0.4) is 0 Å². The van der Waals surface area contributed by atoms with Crippen molar-refractivity contribution in [2.75, 3.05) is 13.2 Å². The van der Waals surface area contributed by atoms with Crippen molar-refractivity contribution in [3.05, 3.63) is 28.2 Å². The summed E-state index contributed by atoms with van der Waals surface area (Å²) in [6.45, 7) is 3.98. The fourth-order valence-corrected chi connectivity index (χ4v) is 3.78. The van der Waals surface area contributed by atoms with Crippen molar-refractivity contribution >= 4 is 27.7 Å². The summed E-state index contributed by atoms with van der Waals surface area (Å²) < 4.78 is 6.54. The molecular weight excluding hydrogens is 272 g/mol. The molecule has 1 fully saturated rings. The molecule has 2 rings (SSSR count). The normalized spacial score (nSPS) is 18.0. The van der Waals surface area contributed by atoms with Gasteiger partial charge in [-0.2, -0.15) is 0 Å². The maximum atomic E-state index is 5.36. The lowest BCUT2D eigenvalue weighted by molar-refractivity contribution is 0.100. The van der Waals surface area contributed by atoms with Gasteiger partial charge in [0.15, 0.2) is 0 Å². The third-order valence-electron chi connectivity index (χ3n) is 2.49. The summed E-state index contributed by atoms with van der Waals surface area (Å²) in [4.78, 5) is 1.37. The Labute approximate surface area is 104 Å². The van der Waals surface area contributed by atoms with Crippen LogP contribution >= 0.6 is 27.7 Å². The van der Waals surface area contributed by atoms with E-state index >= 15 is 0 Å². The SMILES string of the molecule is Cc1cc(Br)cc(SC2CCOCC2)c1. The second-order valence-electron chi connectivity index (χ2n) is 3.89. The molecule has 0 saturated carbocycles. The summed E-state index contributed by atoms with van der Waals surface area (Å²) in [5.41, 5.74) is 1.32. The molecule has 0 aliphatic carbocycles. The molecule has 0 aromatic heterocycles. The summed E-state index contributed by atoms with van der Waals surface area (Å²) in [7, 11) is 0. The molecule has 0 amide bonds. The Kier molecular flexibility index (Phi) is 4.12. The minimum Gasteiger partial charge on any atom is -0.381 e. The zero-order valence-electron chi connectivity index (χ0n) is 8.83. The van der Waals surface area contributed by atoms with Crippen LogP contribution < -0.4 is 0 Å². The van der Waals surface area contributed by atoms with E-state index in [2.05, 4.69) is 41.1 Å². The van der Waals surface area contributed by atoms with Crippen LogP contribution in [0.15, 0.2) is 27.6 Å². The predicted octanol–water partition coefficient (Wildman–Crippen LogP) is 4.03. The number of thioether (sulfide) groups is 1. The van der Waals surface area contributed by atoms with Gasteiger partial charge in [-0.3, -0.25) is 0 Å². The van der Waals surface area contributed by atoms with Gasteiger partial charge in [-0.05, 0) is 43.5 Å². The second kappa shape index (κ2) is 5.37. The standard InChI is InChI=1S/C12H15BrOS/c1-9-6-10(13)8-12(7-9)15-11-2-4-14-5-3-11/h6-8,11H,2-5H2,1H3. The van der Waals surface area contributed by atoms with Crippen molar-refractivity contribution in [2.45, 2.75) is 29.9 Å². The van der Waals surface area contributed by atoms with Gasteiger partial charge in [-0.25, -0.2) is 0 Å². The zero-order chi connectivity index (χ0) is 10.7. The van der Waals surface area contributed by atoms with Crippen LogP contribution in [-0.4, -0.2) is 18.5 Å². The van der Waals surface area contributed by atoms with E-state index in [4.69, 9.17) is 4.74 Å². The van der Waals surface area contributed by atoms with E-state index in [1.165, 1.54) is 27.8 Å². The Morgan fingerprint density at radius 2 is 2.00 bits per heavy atom. The molecule has 3 heteroatoms. The Morgan fingerprint density at radius 1 is 1.27 bits per heavy atom. The van der Waals surface area contributed by atoms with Gasteiger partial charge in [0.1, 0.15) is 0 Å². The van der Waals surface area contributed by atoms with E-state index in [-0.39, 0.29) is 0 Å². The number of benzene rings is 1. The maximum Gasteiger partial charge on any atom is 0.0476 e. The van der Waals surface area contributed by atoms with Gasteiger partial charge in [0, 0.05) is 27.8 Å². The number of hydrogen-bond donors (Lipinski definition) is 0. The van der Waals surface area contributed by atoms with Crippen LogP contribution in [0.1, 0.15) is 18.4 Å². The lowest BCUT2D eigenvalue weighted by Crippen LogP contribution is -2.17. The average Bonchev–Trinajstić information content (AvgIpc) is 2.17. The van der Waals surface area contributed by atoms with Gasteiger partial charge < -0.3 is 4.74 Å². The molecule has 1 aliphatic heterocycles. The number of ether oxygens (including phenoxy) is 1. The maximum absolute atomic E-state index is 5.36. The molecule has 1 nitrogen and oxygen atoms in total. The fourth-order valence-electron chi connectivity index (χ4n) is 1.76. The molecule has 1 aromatic rings. The Balaban J connectivity index is 2.02. The topological polar surface area (TPSA) is 9.23 Å². The molecule has 15 heavy (non-hydrogen) atoms. The molecular formula is C12H15BrOS. The first-order valence-corrected chi connectivity index (χ1v) is 6.93. The average molecular weight is 287 g/mol. The molecule has 0 spiro atoms. The van der Waals surface area contributed by atoms with E-state index in [1.54, 1.807) is 0 Å². The first kappa shape index (κ1) is 11.5. The number of aryl methyl sites for hydroxylation is 1. The van der Waals surface area contributed by atoms with Gasteiger partial charge in [-0.15, -0.1) is 11.8 Å². The molecule has 0 atom stereocenters. The van der Waals surface area contributed by atoms with E-state index < -0.39 is 0 Å². The molecule has 0 radical (unpaired) electrons. The van der Waals surface area contributed by atoms with Crippen molar-refractivity contribution in [2.24, 2.45) is 0 Å². The molecule has 1 aliphatic rings. The summed E-state index contributed by atoms with van der Waals surface area (Å²) in [6, 6.07) is 6.60. The van der Waals surface area contributed by atoms with Gasteiger partial charge in [0.05, 0.1) is 0 Å². The van der Waals surface area contributed by atoms with Crippen LogP contribution in [0, 0.1) is 6.92 Å². The first-order chi connectivity index (χ1) is 7.24. The van der Waals surface area contributed by atoms with Crippen molar-refractivity contribution in [3.8, 4) is 0 Å². The van der Waals surface area contributed by atoms with E-state index in [1.807, 2.05) is 11.8 Å². The van der Waals surface area contributed by atoms with Crippen molar-refractivity contribution in [1.29, 1.82) is 0 Å². The zero-order valence-corrected chi connectivity index (χ0v) is 11.2. The number of rotatable bonds is 2. The van der Waals surface area contributed by atoms with E-state index in [0.29, 0.717) is 0 Å². The lowest BCUT2D eigenvalue weighted by Gasteiger charge is -2.21. The fraction of sp³-hybridized carbons (Fsp3) is 0.500. The van der Waals surface area contributed by atoms with Crippen molar-refractivity contribution < 1.29 is 4.74 Å². The molecule has 0 bridgehead atoms. The highest BCUT2D eigenvalue weighted by molar-refractivity contribution is 9.10. The highest BCUT2D eigenvalue weighted by Crippen LogP contribution is 2.31. The highest BCUT2D eigenvalue weighted by atomic mass is 79.9. The minimum atomic E-state index is 0.729. The van der Waals surface area contributed by atoms with Crippen LogP contribution in [0.5, 0.6) is 0 Å². The van der Waals surface area contributed by atoms with Crippen LogP contribution in [0.2, 0.25) is 0 Å². The molecule has 0 N–H and O–H groups in total. The quantitative estimate of drug-likeness (QED) is 0.812. The monoisotopic (exact) mass is 286 g/mol. The Morgan fingerprint density at radius 3 is 2.67 bits per heavy atom. The Hall–Kier alpha value is 0.01000. The van der Waals surface area contributed by atoms with Gasteiger partial charge >= 0.3 is 0 Å². The summed E-state index contributed by atoms with van der Waals surface area (Å²) in [5, 5.41) is 0.729. The second-order valence-corrected chi connectivity index (χ2v) is 6.18. The predicted molar refractivity (Wildman–Crippen MR) is 68.6 cm³/mol. The van der Waals surface area contributed by atoms with E-state index in [0.717, 1.165) is 18.5 Å². The van der Waals surface area contributed by atoms with Gasteiger partial charge in [0.25, 0.3) is 0 Å². The summed E-state index contributed by atoms with van der Waals surface area (Å²) in [6.07, 6.45) is 2.35. The lowest BCUT2D eigenvalue weighted by atomic mass is 10.2. The van der Waals surface area contributed by atoms with Gasteiger partial charge in [-0.1, -0.05) is 15.9 Å². The Bertz CT molecular complexity index is 314. The smallest absolute Gasteiger partial charge is 0.0476 e. The molecule has 1 aromatic carbocycles. The highest BCUT2D eigenvalue weighted by Gasteiger charge is 2.15. The van der Waals surface area contributed by atoms with E-state index in [9.17, 15) is 0 Å². The number of hydrogen-bond acceptors (Lipinski definition) is 2. The molecule has 1 heterocycles. The first-order valence-electron chi connectivity index (χ1n) is 5.25. The van der Waals surface area contributed by atoms with Crippen molar-refractivity contribution in [3.63, 3.8) is 0 Å². The summed E-state index contributed by atoms with van der Waals surface area (Å²) in [5.74, 6) is 0. The molecule has 0 unspecified atom stereocenters. The third kappa shape index (κ3) is 3.51. The van der Waals surface area contributed by atoms with Gasteiger partial charge in [0.2, 0.25) is 0 Å². The molecule has 82 valence electrons.